The van der Waals surface area contributed by atoms with Gasteiger partial charge in [0.1, 0.15) is 5.69 Å². The van der Waals surface area contributed by atoms with E-state index >= 15 is 0 Å². The predicted molar refractivity (Wildman–Crippen MR) is 130 cm³/mol. The highest BCUT2D eigenvalue weighted by atomic mass is 32.2. The van der Waals surface area contributed by atoms with Crippen molar-refractivity contribution < 1.29 is 35.4 Å². The number of benzene rings is 1. The van der Waals surface area contributed by atoms with E-state index in [9.17, 15) is 31.2 Å². The number of rotatable bonds is 7. The van der Waals surface area contributed by atoms with E-state index < -0.39 is 38.5 Å². The van der Waals surface area contributed by atoms with Gasteiger partial charge in [0, 0.05) is 34.8 Å². The van der Waals surface area contributed by atoms with Crippen molar-refractivity contribution in [1.29, 1.82) is 0 Å². The fourth-order valence-electron chi connectivity index (χ4n) is 3.41. The van der Waals surface area contributed by atoms with Gasteiger partial charge in [-0.1, -0.05) is 39.0 Å². The molecule has 0 saturated heterocycles. The Kier molecular flexibility index (Phi) is 8.44. The molecule has 0 spiro atoms. The van der Waals surface area contributed by atoms with Gasteiger partial charge in [-0.3, -0.25) is 9.59 Å². The van der Waals surface area contributed by atoms with Crippen molar-refractivity contribution in [2.75, 3.05) is 5.32 Å². The molecule has 2 aromatic rings. The van der Waals surface area contributed by atoms with Crippen LogP contribution in [-0.2, 0) is 14.9 Å². The van der Waals surface area contributed by atoms with Crippen molar-refractivity contribution in [1.82, 2.24) is 9.88 Å². The standard InChI is InChI=1S/C24H30F3N3O5S/c1-14(2)30(15(3)4)21(31)18-11-9-8-10-16(18)17-12-13-28-20(35-36(33,34)24(25,26)27)19(17)29-22(32)23(5,6)7/h8-15H,1-7H3,(H,29,32). The quantitative estimate of drug-likeness (QED) is 0.389. The van der Waals surface area contributed by atoms with Gasteiger partial charge in [-0.2, -0.15) is 21.6 Å². The Morgan fingerprint density at radius 3 is 2.03 bits per heavy atom. The van der Waals surface area contributed by atoms with E-state index in [0.717, 1.165) is 6.20 Å². The third-order valence-electron chi connectivity index (χ3n) is 5.10. The number of hydrogen-bond acceptors (Lipinski definition) is 6. The van der Waals surface area contributed by atoms with E-state index in [1.54, 1.807) is 37.8 Å². The number of carbonyl (C=O) groups excluding carboxylic acids is 2. The van der Waals surface area contributed by atoms with Crippen LogP contribution in [0.25, 0.3) is 11.1 Å². The zero-order chi connectivity index (χ0) is 27.6. The number of hydrogen-bond donors (Lipinski definition) is 1. The summed E-state index contributed by atoms with van der Waals surface area (Å²) in [5.41, 5.74) is -6.64. The van der Waals surface area contributed by atoms with Crippen molar-refractivity contribution in [3.63, 3.8) is 0 Å². The van der Waals surface area contributed by atoms with E-state index in [-0.39, 0.29) is 34.7 Å². The molecule has 1 aromatic carbocycles. The molecule has 36 heavy (non-hydrogen) atoms. The molecule has 198 valence electrons. The maximum atomic E-state index is 13.5. The molecule has 0 aliphatic heterocycles. The number of amides is 2. The normalized spacial score (nSPS) is 12.6. The molecule has 0 aliphatic rings. The minimum Gasteiger partial charge on any atom is -0.353 e. The topological polar surface area (TPSA) is 106 Å². The van der Waals surface area contributed by atoms with Gasteiger partial charge < -0.3 is 14.4 Å². The molecule has 0 radical (unpaired) electrons. The predicted octanol–water partition coefficient (Wildman–Crippen LogP) is 5.22. The second-order valence-corrected chi connectivity index (χ2v) is 11.2. The highest BCUT2D eigenvalue weighted by molar-refractivity contribution is 7.88. The zero-order valence-electron chi connectivity index (χ0n) is 21.1. The number of nitrogens with zero attached hydrogens (tertiary/aromatic N) is 2. The number of pyridine rings is 1. The second-order valence-electron chi connectivity index (χ2n) is 9.67. The Labute approximate surface area is 209 Å². The van der Waals surface area contributed by atoms with E-state index in [0.29, 0.717) is 0 Å². The first-order valence-electron chi connectivity index (χ1n) is 11.1. The van der Waals surface area contributed by atoms with Gasteiger partial charge in [-0.05, 0) is 45.4 Å². The molecule has 0 aliphatic carbocycles. The van der Waals surface area contributed by atoms with Crippen LogP contribution >= 0.6 is 0 Å². The van der Waals surface area contributed by atoms with Crippen molar-refractivity contribution in [2.45, 2.75) is 66.1 Å². The average Bonchev–Trinajstić information content (AvgIpc) is 2.72. The van der Waals surface area contributed by atoms with Crippen LogP contribution in [0.2, 0.25) is 0 Å². The number of halogens is 3. The molecular weight excluding hydrogens is 499 g/mol. The van der Waals surface area contributed by atoms with Crippen molar-refractivity contribution in [3.05, 3.63) is 42.1 Å². The minimum absolute atomic E-state index is 0.0615. The summed E-state index contributed by atoms with van der Waals surface area (Å²) in [6, 6.07) is 7.32. The Bertz CT molecular complexity index is 1230. The summed E-state index contributed by atoms with van der Waals surface area (Å²) in [4.78, 5) is 31.6. The Hall–Kier alpha value is -3.15. The summed E-state index contributed by atoms with van der Waals surface area (Å²) >= 11 is 0. The van der Waals surface area contributed by atoms with Crippen LogP contribution < -0.4 is 9.50 Å². The first kappa shape index (κ1) is 29.1. The van der Waals surface area contributed by atoms with Crippen molar-refractivity contribution in [2.24, 2.45) is 5.41 Å². The van der Waals surface area contributed by atoms with Gasteiger partial charge >= 0.3 is 15.6 Å². The van der Waals surface area contributed by atoms with Crippen LogP contribution in [0.1, 0.15) is 58.8 Å². The third kappa shape index (κ3) is 6.34. The summed E-state index contributed by atoms with van der Waals surface area (Å²) in [6.07, 6.45) is 1.03. The third-order valence-corrected chi connectivity index (χ3v) is 6.05. The summed E-state index contributed by atoms with van der Waals surface area (Å²) in [5.74, 6) is -1.97. The van der Waals surface area contributed by atoms with Crippen LogP contribution in [0.15, 0.2) is 36.5 Å². The molecule has 0 unspecified atom stereocenters. The largest absolute Gasteiger partial charge is 0.534 e. The number of nitrogens with one attached hydrogen (secondary N) is 1. The average molecular weight is 530 g/mol. The lowest BCUT2D eigenvalue weighted by Crippen LogP contribution is -2.42. The lowest BCUT2D eigenvalue weighted by Gasteiger charge is -2.31. The molecule has 1 aromatic heterocycles. The number of alkyl halides is 3. The van der Waals surface area contributed by atoms with Crippen molar-refractivity contribution in [3.8, 4) is 17.0 Å². The lowest BCUT2D eigenvalue weighted by molar-refractivity contribution is -0.123. The summed E-state index contributed by atoms with van der Waals surface area (Å²) in [7, 11) is -6.09. The highest BCUT2D eigenvalue weighted by Crippen LogP contribution is 2.39. The number of carbonyl (C=O) groups is 2. The SMILES string of the molecule is CC(C)N(C(=O)c1ccccc1-c1ccnc(OS(=O)(=O)C(F)(F)F)c1NC(=O)C(C)(C)C)C(C)C. The maximum absolute atomic E-state index is 13.5. The van der Waals surface area contributed by atoms with Gasteiger partial charge in [0.2, 0.25) is 5.91 Å². The Morgan fingerprint density at radius 1 is 0.972 bits per heavy atom. The Morgan fingerprint density at radius 2 is 1.53 bits per heavy atom. The molecule has 2 amide bonds. The molecule has 0 saturated carbocycles. The summed E-state index contributed by atoms with van der Waals surface area (Å²) < 4.78 is 67.0. The maximum Gasteiger partial charge on any atom is 0.534 e. The van der Waals surface area contributed by atoms with Crippen LogP contribution in [0, 0.1) is 5.41 Å². The molecule has 8 nitrogen and oxygen atoms in total. The van der Waals surface area contributed by atoms with Crippen LogP contribution in [0.5, 0.6) is 5.88 Å². The highest BCUT2D eigenvalue weighted by Gasteiger charge is 2.49. The summed E-state index contributed by atoms with van der Waals surface area (Å²) in [6.45, 7) is 12.1. The van der Waals surface area contributed by atoms with Gasteiger partial charge in [0.05, 0.1) is 0 Å². The minimum atomic E-state index is -6.09. The van der Waals surface area contributed by atoms with E-state index in [2.05, 4.69) is 14.5 Å². The van der Waals surface area contributed by atoms with Crippen LogP contribution in [0.4, 0.5) is 18.9 Å². The molecule has 1 heterocycles. The zero-order valence-corrected chi connectivity index (χ0v) is 21.9. The molecule has 0 atom stereocenters. The molecule has 0 bridgehead atoms. The van der Waals surface area contributed by atoms with Gasteiger partial charge in [0.15, 0.2) is 0 Å². The number of anilines is 1. The second kappa shape index (κ2) is 10.5. The van der Waals surface area contributed by atoms with Crippen LogP contribution in [0.3, 0.4) is 0 Å². The van der Waals surface area contributed by atoms with Crippen molar-refractivity contribution >= 4 is 27.6 Å². The molecule has 0 fully saturated rings. The fraction of sp³-hybridized carbons (Fsp3) is 0.458. The van der Waals surface area contributed by atoms with Gasteiger partial charge in [0.25, 0.3) is 11.8 Å². The molecule has 1 N–H and O–H groups in total. The van der Waals surface area contributed by atoms with E-state index in [4.69, 9.17) is 0 Å². The monoisotopic (exact) mass is 529 g/mol. The Balaban J connectivity index is 2.81. The lowest BCUT2D eigenvalue weighted by atomic mass is 9.94. The van der Waals surface area contributed by atoms with Gasteiger partial charge in [-0.15, -0.1) is 0 Å². The first-order chi connectivity index (χ1) is 16.4. The number of aromatic nitrogens is 1. The van der Waals surface area contributed by atoms with Gasteiger partial charge in [-0.25, -0.2) is 4.98 Å². The molecule has 12 heteroatoms. The fourth-order valence-corrected chi connectivity index (χ4v) is 3.84. The summed E-state index contributed by atoms with van der Waals surface area (Å²) in [5, 5.41) is 2.45. The van der Waals surface area contributed by atoms with E-state index in [1.807, 2.05) is 27.7 Å². The molecule has 2 rings (SSSR count). The van der Waals surface area contributed by atoms with E-state index in [1.165, 1.54) is 18.2 Å². The molecular formula is C24H30F3N3O5S. The smallest absolute Gasteiger partial charge is 0.353 e. The van der Waals surface area contributed by atoms with Crippen LogP contribution in [-0.4, -0.2) is 47.7 Å². The first-order valence-corrected chi connectivity index (χ1v) is 12.5.